The molecule has 11 heavy (non-hydrogen) atoms. The monoisotopic (exact) mass is 184 g/mol. The number of nitrogens with two attached hydrogens (primary N) is 1. The highest BCUT2D eigenvalue weighted by Crippen LogP contribution is 1.82. The summed E-state index contributed by atoms with van der Waals surface area (Å²) < 4.78 is 24.1. The molecule has 7 nitrogen and oxygen atoms in total. The van der Waals surface area contributed by atoms with Crippen molar-refractivity contribution in [3.8, 4) is 0 Å². The average Bonchev–Trinajstić information content (AvgIpc) is 1.85. The molecule has 0 atom stereocenters. The van der Waals surface area contributed by atoms with Crippen molar-refractivity contribution in [2.24, 2.45) is 5.14 Å². The molecule has 0 aliphatic heterocycles. The van der Waals surface area contributed by atoms with Crippen LogP contribution in [-0.2, 0) is 19.3 Å². The standard InChI is InChI=1S/C3H8N2O5S/c4-11(8,9)10-2-1-5(7)3-6/h3,7H,1-2H2,(H2,4,8,9). The molecule has 0 aromatic heterocycles. The Kier molecular flexibility index (Phi) is 3.97. The van der Waals surface area contributed by atoms with Crippen LogP contribution in [0, 0.1) is 0 Å². The van der Waals surface area contributed by atoms with E-state index in [-0.39, 0.29) is 24.6 Å². The Hall–Kier alpha value is -0.700. The molecule has 1 amide bonds. The van der Waals surface area contributed by atoms with Crippen molar-refractivity contribution in [3.05, 3.63) is 0 Å². The number of amides is 1. The lowest BCUT2D eigenvalue weighted by Crippen LogP contribution is -2.25. The van der Waals surface area contributed by atoms with Gasteiger partial charge in [0.1, 0.15) is 0 Å². The Labute approximate surface area is 63.6 Å². The predicted molar refractivity (Wildman–Crippen MR) is 33.6 cm³/mol. The molecule has 0 aliphatic carbocycles. The molecular formula is C3H8N2O5S. The Morgan fingerprint density at radius 2 is 2.18 bits per heavy atom. The van der Waals surface area contributed by atoms with Gasteiger partial charge in [0.05, 0.1) is 13.2 Å². The summed E-state index contributed by atoms with van der Waals surface area (Å²) in [6.45, 7) is -0.617. The SMILES string of the molecule is NS(=O)(=O)OCCN(O)C=O. The molecule has 0 bridgehead atoms. The Balaban J connectivity index is 3.51. The van der Waals surface area contributed by atoms with Gasteiger partial charge in [0, 0.05) is 0 Å². The van der Waals surface area contributed by atoms with E-state index < -0.39 is 10.3 Å². The molecule has 66 valence electrons. The van der Waals surface area contributed by atoms with E-state index in [1.807, 2.05) is 0 Å². The fraction of sp³-hybridized carbons (Fsp3) is 0.667. The maximum absolute atomic E-state index is 10.1. The van der Waals surface area contributed by atoms with E-state index >= 15 is 0 Å². The van der Waals surface area contributed by atoms with E-state index in [4.69, 9.17) is 5.21 Å². The van der Waals surface area contributed by atoms with Gasteiger partial charge in [0.15, 0.2) is 0 Å². The third-order valence-corrected chi connectivity index (χ3v) is 1.18. The van der Waals surface area contributed by atoms with Crippen LogP contribution in [0.3, 0.4) is 0 Å². The van der Waals surface area contributed by atoms with Crippen LogP contribution >= 0.6 is 0 Å². The van der Waals surface area contributed by atoms with Gasteiger partial charge in [-0.15, -0.1) is 0 Å². The molecule has 0 saturated heterocycles. The van der Waals surface area contributed by atoms with Gasteiger partial charge in [0.2, 0.25) is 6.41 Å². The van der Waals surface area contributed by atoms with Gasteiger partial charge in [-0.3, -0.25) is 14.2 Å². The van der Waals surface area contributed by atoms with E-state index in [1.54, 1.807) is 0 Å². The Morgan fingerprint density at radius 3 is 2.55 bits per heavy atom. The fourth-order valence-electron chi connectivity index (χ4n) is 0.300. The van der Waals surface area contributed by atoms with E-state index in [2.05, 4.69) is 9.32 Å². The quantitative estimate of drug-likeness (QED) is 0.293. The molecule has 8 heteroatoms. The van der Waals surface area contributed by atoms with Crippen LogP contribution < -0.4 is 5.14 Å². The lowest BCUT2D eigenvalue weighted by atomic mass is 10.7. The van der Waals surface area contributed by atoms with Crippen molar-refractivity contribution >= 4 is 16.7 Å². The van der Waals surface area contributed by atoms with Gasteiger partial charge in [-0.25, -0.2) is 10.2 Å². The van der Waals surface area contributed by atoms with Crippen molar-refractivity contribution in [2.75, 3.05) is 13.2 Å². The van der Waals surface area contributed by atoms with Crippen molar-refractivity contribution < 1.29 is 22.6 Å². The molecule has 0 aliphatic rings. The van der Waals surface area contributed by atoms with Crippen molar-refractivity contribution in [2.45, 2.75) is 0 Å². The Morgan fingerprint density at radius 1 is 1.64 bits per heavy atom. The van der Waals surface area contributed by atoms with Crippen LogP contribution in [0.5, 0.6) is 0 Å². The van der Waals surface area contributed by atoms with Crippen LogP contribution in [0.4, 0.5) is 0 Å². The molecule has 0 aromatic rings. The number of rotatable bonds is 5. The van der Waals surface area contributed by atoms with E-state index in [0.717, 1.165) is 0 Å². The largest absolute Gasteiger partial charge is 0.333 e. The first kappa shape index (κ1) is 10.3. The van der Waals surface area contributed by atoms with Crippen molar-refractivity contribution in [1.82, 2.24) is 5.06 Å². The first-order valence-corrected chi connectivity index (χ1v) is 4.01. The second kappa shape index (κ2) is 4.23. The molecule has 0 fully saturated rings. The molecule has 0 unspecified atom stereocenters. The van der Waals surface area contributed by atoms with Gasteiger partial charge in [-0.1, -0.05) is 0 Å². The van der Waals surface area contributed by atoms with Gasteiger partial charge in [-0.2, -0.15) is 8.42 Å². The lowest BCUT2D eigenvalue weighted by Gasteiger charge is -2.06. The van der Waals surface area contributed by atoms with Gasteiger partial charge >= 0.3 is 10.3 Å². The molecule has 0 saturated carbocycles. The minimum absolute atomic E-state index is 0.118. The van der Waals surface area contributed by atoms with Crippen LogP contribution in [0.25, 0.3) is 0 Å². The maximum atomic E-state index is 10.1. The third kappa shape index (κ3) is 7.19. The molecule has 0 rings (SSSR count). The molecule has 0 radical (unpaired) electrons. The first-order chi connectivity index (χ1) is 4.95. The minimum Gasteiger partial charge on any atom is -0.286 e. The van der Waals surface area contributed by atoms with E-state index in [1.165, 1.54) is 0 Å². The zero-order valence-corrected chi connectivity index (χ0v) is 6.32. The molecule has 0 aromatic carbocycles. The zero-order chi connectivity index (χ0) is 8.91. The van der Waals surface area contributed by atoms with Gasteiger partial charge in [0.25, 0.3) is 0 Å². The minimum atomic E-state index is -3.98. The summed E-state index contributed by atoms with van der Waals surface area (Å²) in [6, 6.07) is 0. The normalized spacial score (nSPS) is 11.1. The van der Waals surface area contributed by atoms with Crippen LogP contribution in [0.2, 0.25) is 0 Å². The van der Waals surface area contributed by atoms with E-state index in [9.17, 15) is 13.2 Å². The zero-order valence-electron chi connectivity index (χ0n) is 5.50. The topological polar surface area (TPSA) is 110 Å². The maximum Gasteiger partial charge on any atom is 0.333 e. The van der Waals surface area contributed by atoms with Crippen LogP contribution in [0.1, 0.15) is 0 Å². The van der Waals surface area contributed by atoms with Gasteiger partial charge < -0.3 is 0 Å². The average molecular weight is 184 g/mol. The van der Waals surface area contributed by atoms with E-state index in [0.29, 0.717) is 0 Å². The lowest BCUT2D eigenvalue weighted by molar-refractivity contribution is -0.150. The second-order valence-corrected chi connectivity index (χ2v) is 2.80. The summed E-state index contributed by atoms with van der Waals surface area (Å²) in [5.74, 6) is 0. The second-order valence-electron chi connectivity index (χ2n) is 1.58. The number of carbonyl (C=O) groups excluding carboxylic acids is 1. The summed E-state index contributed by atoms with van der Waals surface area (Å²) in [6.07, 6.45) is 0.118. The summed E-state index contributed by atoms with van der Waals surface area (Å²) in [4.78, 5) is 9.70. The summed E-state index contributed by atoms with van der Waals surface area (Å²) >= 11 is 0. The van der Waals surface area contributed by atoms with Crippen LogP contribution in [-0.4, -0.2) is 38.3 Å². The third-order valence-electron chi connectivity index (χ3n) is 0.690. The number of hydrogen-bond donors (Lipinski definition) is 2. The number of hydrogen-bond acceptors (Lipinski definition) is 5. The number of carbonyl (C=O) groups is 1. The highest BCUT2D eigenvalue weighted by atomic mass is 32.2. The van der Waals surface area contributed by atoms with Crippen molar-refractivity contribution in [1.29, 1.82) is 0 Å². The number of hydroxylamine groups is 2. The van der Waals surface area contributed by atoms with Gasteiger partial charge in [-0.05, 0) is 0 Å². The first-order valence-electron chi connectivity index (χ1n) is 2.53. The Bertz CT molecular complexity index is 212. The number of nitrogens with zero attached hydrogens (tertiary/aromatic N) is 1. The van der Waals surface area contributed by atoms with Crippen LogP contribution in [0.15, 0.2) is 0 Å². The molecule has 0 heterocycles. The smallest absolute Gasteiger partial charge is 0.286 e. The summed E-state index contributed by atoms with van der Waals surface area (Å²) in [5.41, 5.74) is 0. The molecule has 0 spiro atoms. The predicted octanol–water partition coefficient (Wildman–Crippen LogP) is -1.95. The highest BCUT2D eigenvalue weighted by Gasteiger charge is 2.02. The summed E-state index contributed by atoms with van der Waals surface area (Å²) in [7, 11) is -3.98. The summed E-state index contributed by atoms with van der Waals surface area (Å²) in [5, 5.41) is 13.1. The molecule has 3 N–H and O–H groups in total. The molecular weight excluding hydrogens is 176 g/mol. The van der Waals surface area contributed by atoms with Crippen molar-refractivity contribution in [3.63, 3.8) is 0 Å². The highest BCUT2D eigenvalue weighted by molar-refractivity contribution is 7.84. The fourth-order valence-corrected chi connectivity index (χ4v) is 0.606.